The molecular weight excluding hydrogens is 373 g/mol. The van der Waals surface area contributed by atoms with Gasteiger partial charge < -0.3 is 9.64 Å². The molecule has 1 aliphatic rings. The fourth-order valence-electron chi connectivity index (χ4n) is 2.84. The van der Waals surface area contributed by atoms with E-state index in [2.05, 4.69) is 19.7 Å². The zero-order chi connectivity index (χ0) is 19.3. The molecule has 2 aromatic rings. The summed E-state index contributed by atoms with van der Waals surface area (Å²) in [5.41, 5.74) is 0.104. The Hall–Kier alpha value is -2.33. The predicted molar refractivity (Wildman–Crippen MR) is 98.3 cm³/mol. The fourth-order valence-corrected chi connectivity index (χ4v) is 3.93. The van der Waals surface area contributed by atoms with E-state index in [1.54, 1.807) is 6.07 Å². The molecule has 1 aromatic heterocycles. The van der Waals surface area contributed by atoms with Gasteiger partial charge in [-0.15, -0.1) is 0 Å². The second-order valence-electron chi connectivity index (χ2n) is 6.26. The molecule has 0 spiro atoms. The van der Waals surface area contributed by atoms with Crippen LogP contribution < -0.4 is 14.4 Å². The molecule has 1 saturated heterocycles. The number of sulfonamides is 1. The number of methoxy groups -OCH3 is 1. The maximum Gasteiger partial charge on any atom is 0.321 e. The number of piperidine rings is 1. The first-order valence-corrected chi connectivity index (χ1v) is 10.4. The Kier molecular flexibility index (Phi) is 6.17. The molecule has 8 nitrogen and oxygen atoms in total. The zero-order valence-corrected chi connectivity index (χ0v) is 15.9. The number of halogens is 1. The van der Waals surface area contributed by atoms with Gasteiger partial charge in [0.1, 0.15) is 5.82 Å². The molecule has 0 unspecified atom stereocenters. The average Bonchev–Trinajstić information content (AvgIpc) is 2.68. The van der Waals surface area contributed by atoms with Gasteiger partial charge in [-0.1, -0.05) is 18.2 Å². The van der Waals surface area contributed by atoms with Crippen LogP contribution in [0.25, 0.3) is 0 Å². The van der Waals surface area contributed by atoms with Crippen LogP contribution >= 0.6 is 0 Å². The van der Waals surface area contributed by atoms with E-state index < -0.39 is 21.6 Å². The first-order valence-electron chi connectivity index (χ1n) is 8.71. The van der Waals surface area contributed by atoms with Gasteiger partial charge in [0.25, 0.3) is 0 Å². The van der Waals surface area contributed by atoms with E-state index in [4.69, 9.17) is 4.74 Å². The second-order valence-corrected chi connectivity index (χ2v) is 8.06. The lowest BCUT2D eigenvalue weighted by Gasteiger charge is -2.26. The molecule has 0 atom stereocenters. The fraction of sp³-hybridized carbons (Fsp3) is 0.471. The molecular formula is C17H22FN5O3S. The van der Waals surface area contributed by atoms with Gasteiger partial charge in [0.05, 0.1) is 19.4 Å². The van der Waals surface area contributed by atoms with Crippen LogP contribution in [-0.4, -0.2) is 43.6 Å². The maximum absolute atomic E-state index is 13.7. The number of nitrogens with one attached hydrogen (secondary N) is 1. The third-order valence-electron chi connectivity index (χ3n) is 4.22. The van der Waals surface area contributed by atoms with E-state index in [0.717, 1.165) is 25.9 Å². The Labute approximate surface area is 157 Å². The van der Waals surface area contributed by atoms with Crippen molar-refractivity contribution < 1.29 is 17.5 Å². The smallest absolute Gasteiger partial charge is 0.321 e. The predicted octanol–water partition coefficient (Wildman–Crippen LogP) is 1.63. The number of anilines is 1. The Bertz CT molecular complexity index is 888. The number of nitrogens with zero attached hydrogens (tertiary/aromatic N) is 4. The van der Waals surface area contributed by atoms with Crippen LogP contribution in [0.2, 0.25) is 0 Å². The third kappa shape index (κ3) is 5.33. The lowest BCUT2D eigenvalue weighted by molar-refractivity contribution is 0.374. The van der Waals surface area contributed by atoms with Crippen molar-refractivity contribution in [3.05, 3.63) is 41.5 Å². The van der Waals surface area contributed by atoms with Crippen LogP contribution in [0.5, 0.6) is 6.01 Å². The summed E-state index contributed by atoms with van der Waals surface area (Å²) in [7, 11) is -2.31. The van der Waals surface area contributed by atoms with Crippen molar-refractivity contribution in [3.8, 4) is 6.01 Å². The molecule has 0 aliphatic carbocycles. The van der Waals surface area contributed by atoms with Crippen molar-refractivity contribution in [1.82, 2.24) is 19.7 Å². The number of rotatable bonds is 7. The molecule has 1 aliphatic heterocycles. The van der Waals surface area contributed by atoms with E-state index in [1.807, 2.05) is 4.90 Å². The monoisotopic (exact) mass is 395 g/mol. The molecule has 0 amide bonds. The second kappa shape index (κ2) is 8.57. The maximum atomic E-state index is 13.7. The normalized spacial score (nSPS) is 15.0. The van der Waals surface area contributed by atoms with Crippen LogP contribution in [0.1, 0.15) is 30.7 Å². The molecule has 0 saturated carbocycles. The van der Waals surface area contributed by atoms with Crippen molar-refractivity contribution in [2.45, 2.75) is 31.6 Å². The molecule has 1 aromatic carbocycles. The highest BCUT2D eigenvalue weighted by Gasteiger charge is 2.19. The van der Waals surface area contributed by atoms with Crippen molar-refractivity contribution in [2.24, 2.45) is 0 Å². The van der Waals surface area contributed by atoms with Crippen LogP contribution in [-0.2, 0) is 22.3 Å². The van der Waals surface area contributed by atoms with Gasteiger partial charge >= 0.3 is 6.01 Å². The van der Waals surface area contributed by atoms with Crippen molar-refractivity contribution in [2.75, 3.05) is 25.1 Å². The third-order valence-corrected chi connectivity index (χ3v) is 5.50. The van der Waals surface area contributed by atoms with Gasteiger partial charge in [0.2, 0.25) is 16.0 Å². The summed E-state index contributed by atoms with van der Waals surface area (Å²) in [5, 5.41) is 0. The highest BCUT2D eigenvalue weighted by Crippen LogP contribution is 2.18. The van der Waals surface area contributed by atoms with Gasteiger partial charge in [-0.2, -0.15) is 15.0 Å². The molecule has 0 radical (unpaired) electrons. The number of hydrogen-bond donors (Lipinski definition) is 1. The Morgan fingerprint density at radius 1 is 1.15 bits per heavy atom. The largest absolute Gasteiger partial charge is 0.467 e. The topological polar surface area (TPSA) is 97.3 Å². The van der Waals surface area contributed by atoms with Crippen LogP contribution in [0.15, 0.2) is 24.3 Å². The molecule has 27 heavy (non-hydrogen) atoms. The summed E-state index contributed by atoms with van der Waals surface area (Å²) in [5.74, 6) is -0.289. The van der Waals surface area contributed by atoms with E-state index in [-0.39, 0.29) is 23.9 Å². The van der Waals surface area contributed by atoms with Gasteiger partial charge in [0.15, 0.2) is 5.82 Å². The quantitative estimate of drug-likeness (QED) is 0.761. The first kappa shape index (κ1) is 19.4. The van der Waals surface area contributed by atoms with Gasteiger partial charge in [0, 0.05) is 18.7 Å². The minimum atomic E-state index is -3.76. The SMILES string of the molecule is COc1nc(CNS(=O)(=O)Cc2ccccc2F)nc(N2CCCCC2)n1. The number of aromatic nitrogens is 3. The lowest BCUT2D eigenvalue weighted by atomic mass is 10.1. The molecule has 0 bridgehead atoms. The first-order chi connectivity index (χ1) is 13.0. The number of hydrogen-bond acceptors (Lipinski definition) is 7. The van der Waals surface area contributed by atoms with Crippen molar-refractivity contribution >= 4 is 16.0 Å². The minimum Gasteiger partial charge on any atom is -0.467 e. The summed E-state index contributed by atoms with van der Waals surface area (Å²) in [6.45, 7) is 1.55. The standard InChI is InChI=1S/C17H22FN5O3S/c1-26-17-21-15(20-16(22-17)23-9-5-2-6-10-23)11-19-27(24,25)12-13-7-3-4-8-14(13)18/h3-4,7-8,19H,2,5-6,9-12H2,1H3. The zero-order valence-electron chi connectivity index (χ0n) is 15.1. The molecule has 1 N–H and O–H groups in total. The molecule has 1 fully saturated rings. The summed E-state index contributed by atoms with van der Waals surface area (Å²) < 4.78 is 45.8. The van der Waals surface area contributed by atoms with E-state index in [0.29, 0.717) is 5.95 Å². The van der Waals surface area contributed by atoms with E-state index in [9.17, 15) is 12.8 Å². The van der Waals surface area contributed by atoms with Gasteiger partial charge in [-0.05, 0) is 25.3 Å². The Morgan fingerprint density at radius 2 is 1.89 bits per heavy atom. The van der Waals surface area contributed by atoms with E-state index >= 15 is 0 Å². The van der Waals surface area contributed by atoms with Gasteiger partial charge in [-0.3, -0.25) is 0 Å². The molecule has 10 heteroatoms. The summed E-state index contributed by atoms with van der Waals surface area (Å²) >= 11 is 0. The summed E-state index contributed by atoms with van der Waals surface area (Å²) in [6, 6.07) is 5.91. The Morgan fingerprint density at radius 3 is 2.59 bits per heavy atom. The summed E-state index contributed by atoms with van der Waals surface area (Å²) in [4.78, 5) is 14.7. The number of benzene rings is 1. The van der Waals surface area contributed by atoms with Crippen molar-refractivity contribution in [1.29, 1.82) is 0 Å². The highest BCUT2D eigenvalue weighted by atomic mass is 32.2. The average molecular weight is 395 g/mol. The molecule has 146 valence electrons. The van der Waals surface area contributed by atoms with Gasteiger partial charge in [-0.25, -0.2) is 17.5 Å². The van der Waals surface area contributed by atoms with Crippen LogP contribution in [0.4, 0.5) is 10.3 Å². The number of ether oxygens (including phenoxy) is 1. The molecule has 3 rings (SSSR count). The lowest BCUT2D eigenvalue weighted by Crippen LogP contribution is -2.32. The van der Waals surface area contributed by atoms with Crippen molar-refractivity contribution in [3.63, 3.8) is 0 Å². The highest BCUT2D eigenvalue weighted by molar-refractivity contribution is 7.88. The minimum absolute atomic E-state index is 0.104. The molecule has 2 heterocycles. The van der Waals surface area contributed by atoms with Crippen LogP contribution in [0.3, 0.4) is 0 Å². The summed E-state index contributed by atoms with van der Waals surface area (Å²) in [6.07, 6.45) is 3.28. The van der Waals surface area contributed by atoms with Crippen LogP contribution in [0, 0.1) is 5.82 Å². The van der Waals surface area contributed by atoms with E-state index in [1.165, 1.54) is 31.7 Å². The Balaban J connectivity index is 1.71.